The van der Waals surface area contributed by atoms with E-state index in [-0.39, 0.29) is 0 Å². The minimum Gasteiger partial charge on any atom is -0.478 e. The Bertz CT molecular complexity index is 652. The Labute approximate surface area is 125 Å². The number of rotatable bonds is 5. The zero-order valence-electron chi connectivity index (χ0n) is 12.5. The average molecular weight is 280 g/mol. The van der Waals surface area contributed by atoms with Gasteiger partial charge in [-0.05, 0) is 36.1 Å². The molecule has 1 N–H and O–H groups in total. The number of allylic oxidation sites excluding steroid dienone is 1. The van der Waals surface area contributed by atoms with Gasteiger partial charge in [-0.3, -0.25) is 0 Å². The van der Waals surface area contributed by atoms with Crippen LogP contribution in [0.3, 0.4) is 0 Å². The Kier molecular flexibility index (Phi) is 4.94. The highest BCUT2D eigenvalue weighted by Crippen LogP contribution is 2.25. The highest BCUT2D eigenvalue weighted by atomic mass is 16.4. The second kappa shape index (κ2) is 6.89. The van der Waals surface area contributed by atoms with E-state index in [2.05, 4.69) is 19.1 Å². The number of hydrogen-bond acceptors (Lipinski definition) is 1. The van der Waals surface area contributed by atoms with E-state index in [0.29, 0.717) is 5.56 Å². The predicted octanol–water partition coefficient (Wildman–Crippen LogP) is 5.17. The first-order valence-electron chi connectivity index (χ1n) is 7.22. The number of carbonyl (C=O) groups is 1. The van der Waals surface area contributed by atoms with E-state index in [4.69, 9.17) is 0 Å². The third-order valence-corrected chi connectivity index (χ3v) is 3.39. The lowest BCUT2D eigenvalue weighted by atomic mass is 9.96. The van der Waals surface area contributed by atoms with Gasteiger partial charge in [0.1, 0.15) is 0 Å². The third-order valence-electron chi connectivity index (χ3n) is 3.39. The first kappa shape index (κ1) is 15.0. The SMILES string of the molecule is CCCC=Cc1ccc(-c2cc(C)ccc2C(=O)O)cc1. The molecule has 0 saturated heterocycles. The van der Waals surface area contributed by atoms with E-state index in [1.807, 2.05) is 43.3 Å². The molecule has 21 heavy (non-hydrogen) atoms. The van der Waals surface area contributed by atoms with Crippen LogP contribution in [0.2, 0.25) is 0 Å². The largest absolute Gasteiger partial charge is 0.478 e. The van der Waals surface area contributed by atoms with Crippen LogP contribution in [0.5, 0.6) is 0 Å². The molecule has 0 aromatic heterocycles. The van der Waals surface area contributed by atoms with Gasteiger partial charge in [0.05, 0.1) is 5.56 Å². The summed E-state index contributed by atoms with van der Waals surface area (Å²) >= 11 is 0. The summed E-state index contributed by atoms with van der Waals surface area (Å²) in [4.78, 5) is 11.3. The fourth-order valence-corrected chi connectivity index (χ4v) is 2.24. The van der Waals surface area contributed by atoms with Gasteiger partial charge in [0.15, 0.2) is 0 Å². The Balaban J connectivity index is 2.34. The van der Waals surface area contributed by atoms with Crippen LogP contribution in [0.25, 0.3) is 17.2 Å². The van der Waals surface area contributed by atoms with Crippen LogP contribution in [0.4, 0.5) is 0 Å². The normalized spacial score (nSPS) is 11.0. The van der Waals surface area contributed by atoms with Gasteiger partial charge < -0.3 is 5.11 Å². The van der Waals surface area contributed by atoms with Crippen molar-refractivity contribution in [1.29, 1.82) is 0 Å². The number of carboxylic acid groups (broad SMARTS) is 1. The van der Waals surface area contributed by atoms with E-state index >= 15 is 0 Å². The molecule has 2 heteroatoms. The van der Waals surface area contributed by atoms with Crippen LogP contribution in [-0.2, 0) is 0 Å². The van der Waals surface area contributed by atoms with Crippen molar-refractivity contribution in [2.45, 2.75) is 26.7 Å². The van der Waals surface area contributed by atoms with E-state index < -0.39 is 5.97 Å². The van der Waals surface area contributed by atoms with Gasteiger partial charge in [-0.15, -0.1) is 0 Å². The maximum atomic E-state index is 11.3. The number of aryl methyl sites for hydroxylation is 1. The maximum absolute atomic E-state index is 11.3. The average Bonchev–Trinajstić information content (AvgIpc) is 2.48. The van der Waals surface area contributed by atoms with Gasteiger partial charge in [0.2, 0.25) is 0 Å². The Hall–Kier alpha value is -2.35. The quantitative estimate of drug-likeness (QED) is 0.820. The first-order chi connectivity index (χ1) is 10.1. The van der Waals surface area contributed by atoms with Crippen molar-refractivity contribution in [2.24, 2.45) is 0 Å². The zero-order chi connectivity index (χ0) is 15.2. The van der Waals surface area contributed by atoms with Crippen LogP contribution in [0.15, 0.2) is 48.5 Å². The molecule has 0 radical (unpaired) electrons. The summed E-state index contributed by atoms with van der Waals surface area (Å²) in [7, 11) is 0. The Morgan fingerprint density at radius 1 is 1.14 bits per heavy atom. The molecule has 2 aromatic rings. The molecule has 0 saturated carbocycles. The van der Waals surface area contributed by atoms with Gasteiger partial charge in [0, 0.05) is 0 Å². The molecule has 0 amide bonds. The maximum Gasteiger partial charge on any atom is 0.336 e. The van der Waals surface area contributed by atoms with Crippen LogP contribution in [0, 0.1) is 6.92 Å². The van der Waals surface area contributed by atoms with Crippen LogP contribution in [-0.4, -0.2) is 11.1 Å². The molecule has 0 aliphatic carbocycles. The summed E-state index contributed by atoms with van der Waals surface area (Å²) < 4.78 is 0. The number of aromatic carboxylic acids is 1. The minimum atomic E-state index is -0.892. The molecule has 2 nitrogen and oxygen atoms in total. The number of carboxylic acids is 1. The zero-order valence-corrected chi connectivity index (χ0v) is 12.5. The van der Waals surface area contributed by atoms with Crippen molar-refractivity contribution in [2.75, 3.05) is 0 Å². The Morgan fingerprint density at radius 2 is 1.86 bits per heavy atom. The van der Waals surface area contributed by atoms with Crippen LogP contribution < -0.4 is 0 Å². The molecule has 0 aliphatic heterocycles. The van der Waals surface area contributed by atoms with Gasteiger partial charge in [-0.25, -0.2) is 4.79 Å². The number of benzene rings is 2. The monoisotopic (exact) mass is 280 g/mol. The summed E-state index contributed by atoms with van der Waals surface area (Å²) in [6.45, 7) is 4.12. The molecule has 0 spiro atoms. The smallest absolute Gasteiger partial charge is 0.336 e. The number of unbranched alkanes of at least 4 members (excludes halogenated alkanes) is 1. The van der Waals surface area contributed by atoms with E-state index in [1.165, 1.54) is 0 Å². The Morgan fingerprint density at radius 3 is 2.48 bits per heavy atom. The van der Waals surface area contributed by atoms with Gasteiger partial charge in [-0.1, -0.05) is 67.5 Å². The van der Waals surface area contributed by atoms with Gasteiger partial charge in [-0.2, -0.15) is 0 Å². The van der Waals surface area contributed by atoms with Crippen molar-refractivity contribution in [3.05, 3.63) is 65.2 Å². The van der Waals surface area contributed by atoms with Crippen molar-refractivity contribution in [3.8, 4) is 11.1 Å². The highest BCUT2D eigenvalue weighted by Gasteiger charge is 2.11. The molecule has 0 bridgehead atoms. The van der Waals surface area contributed by atoms with E-state index in [0.717, 1.165) is 35.1 Å². The molecule has 2 rings (SSSR count). The van der Waals surface area contributed by atoms with Crippen LogP contribution in [0.1, 0.15) is 41.3 Å². The van der Waals surface area contributed by atoms with E-state index in [1.54, 1.807) is 6.07 Å². The molecular formula is C19H20O2. The summed E-state index contributed by atoms with van der Waals surface area (Å²) in [6.07, 6.45) is 6.47. The molecular weight excluding hydrogens is 260 g/mol. The lowest BCUT2D eigenvalue weighted by Gasteiger charge is -2.08. The second-order valence-corrected chi connectivity index (χ2v) is 5.17. The molecule has 108 valence electrons. The van der Waals surface area contributed by atoms with Crippen molar-refractivity contribution >= 4 is 12.0 Å². The first-order valence-corrected chi connectivity index (χ1v) is 7.22. The highest BCUT2D eigenvalue weighted by molar-refractivity contribution is 5.96. The van der Waals surface area contributed by atoms with Crippen molar-refractivity contribution in [1.82, 2.24) is 0 Å². The van der Waals surface area contributed by atoms with Crippen LogP contribution >= 0.6 is 0 Å². The summed E-state index contributed by atoms with van der Waals surface area (Å²) in [5.74, 6) is -0.892. The van der Waals surface area contributed by atoms with E-state index in [9.17, 15) is 9.90 Å². The third kappa shape index (κ3) is 3.82. The molecule has 0 heterocycles. The summed E-state index contributed by atoms with van der Waals surface area (Å²) in [5.41, 5.74) is 4.24. The lowest BCUT2D eigenvalue weighted by molar-refractivity contribution is 0.0697. The van der Waals surface area contributed by atoms with Crippen molar-refractivity contribution < 1.29 is 9.90 Å². The fraction of sp³-hybridized carbons (Fsp3) is 0.211. The van der Waals surface area contributed by atoms with Crippen molar-refractivity contribution in [3.63, 3.8) is 0 Å². The fourth-order valence-electron chi connectivity index (χ4n) is 2.24. The summed E-state index contributed by atoms with van der Waals surface area (Å²) in [6, 6.07) is 13.4. The topological polar surface area (TPSA) is 37.3 Å². The molecule has 0 atom stereocenters. The lowest BCUT2D eigenvalue weighted by Crippen LogP contribution is -1.99. The summed E-state index contributed by atoms with van der Waals surface area (Å²) in [5, 5.41) is 9.30. The number of hydrogen-bond donors (Lipinski definition) is 1. The standard InChI is InChI=1S/C19H20O2/c1-3-4-5-6-15-8-10-16(11-9-15)18-13-14(2)7-12-17(18)19(20)21/h5-13H,3-4H2,1-2H3,(H,20,21). The van der Waals surface area contributed by atoms with Gasteiger partial charge in [0.25, 0.3) is 0 Å². The predicted molar refractivity (Wildman–Crippen MR) is 87.5 cm³/mol. The molecule has 2 aromatic carbocycles. The van der Waals surface area contributed by atoms with Gasteiger partial charge >= 0.3 is 5.97 Å². The molecule has 0 fully saturated rings. The molecule has 0 unspecified atom stereocenters. The minimum absolute atomic E-state index is 0.342. The second-order valence-electron chi connectivity index (χ2n) is 5.17. The molecule has 0 aliphatic rings.